The lowest BCUT2D eigenvalue weighted by molar-refractivity contribution is 0.344. The maximum absolute atomic E-state index is 5.63. The van der Waals surface area contributed by atoms with E-state index < -0.39 is 0 Å². The molecule has 0 saturated carbocycles. The highest BCUT2D eigenvalue weighted by Crippen LogP contribution is 2.16. The van der Waals surface area contributed by atoms with E-state index in [0.717, 1.165) is 22.2 Å². The fourth-order valence-corrected chi connectivity index (χ4v) is 1.67. The number of hydrogen-bond acceptors (Lipinski definition) is 1. The van der Waals surface area contributed by atoms with Crippen molar-refractivity contribution in [3.63, 3.8) is 0 Å². The lowest BCUT2D eigenvalue weighted by Gasteiger charge is -2.05. The van der Waals surface area contributed by atoms with E-state index in [-0.39, 0.29) is 0 Å². The fourth-order valence-electron chi connectivity index (χ4n) is 1.51. The number of rotatable bonds is 3. The van der Waals surface area contributed by atoms with Crippen LogP contribution in [-0.2, 0) is 0 Å². The molecular weight excluding hydrogens is 288 g/mol. The van der Waals surface area contributed by atoms with Crippen LogP contribution >= 0.6 is 15.9 Å². The van der Waals surface area contributed by atoms with Crippen LogP contribution in [0.25, 0.3) is 0 Å². The van der Waals surface area contributed by atoms with E-state index in [0.29, 0.717) is 6.61 Å². The number of halogens is 1. The van der Waals surface area contributed by atoms with Gasteiger partial charge < -0.3 is 4.74 Å². The van der Waals surface area contributed by atoms with Gasteiger partial charge in [0.15, 0.2) is 0 Å². The Labute approximate surface area is 116 Å². The van der Waals surface area contributed by atoms with E-state index >= 15 is 0 Å². The Morgan fingerprint density at radius 1 is 0.889 bits per heavy atom. The standard InChI is InChI=1S/C16H13BrO/c17-12-13-18-16-9-5-4-8-15(16)11-10-14-6-2-1-3-7-14/h1-9H,12-13H2. The zero-order valence-corrected chi connectivity index (χ0v) is 11.5. The molecule has 0 bridgehead atoms. The third-order valence-corrected chi connectivity index (χ3v) is 2.66. The van der Waals surface area contributed by atoms with Gasteiger partial charge in [-0.3, -0.25) is 0 Å². The summed E-state index contributed by atoms with van der Waals surface area (Å²) in [5, 5.41) is 0.813. The Morgan fingerprint density at radius 2 is 1.61 bits per heavy atom. The largest absolute Gasteiger partial charge is 0.491 e. The van der Waals surface area contributed by atoms with Gasteiger partial charge in [0.25, 0.3) is 0 Å². The first-order valence-electron chi connectivity index (χ1n) is 5.75. The molecule has 0 N–H and O–H groups in total. The quantitative estimate of drug-likeness (QED) is 0.618. The van der Waals surface area contributed by atoms with E-state index in [1.807, 2.05) is 54.6 Å². The van der Waals surface area contributed by atoms with Crippen LogP contribution in [0.1, 0.15) is 11.1 Å². The van der Waals surface area contributed by atoms with E-state index in [2.05, 4.69) is 27.8 Å². The minimum Gasteiger partial charge on any atom is -0.491 e. The number of ether oxygens (including phenoxy) is 1. The van der Waals surface area contributed by atoms with E-state index in [1.54, 1.807) is 0 Å². The number of alkyl halides is 1. The molecule has 0 amide bonds. The third-order valence-electron chi connectivity index (χ3n) is 2.34. The SMILES string of the molecule is BrCCOc1ccccc1C#Cc1ccccc1. The number of benzene rings is 2. The Hall–Kier alpha value is -1.72. The second kappa shape index (κ2) is 6.88. The third kappa shape index (κ3) is 3.65. The summed E-state index contributed by atoms with van der Waals surface area (Å²) >= 11 is 3.35. The Kier molecular flexibility index (Phi) is 4.87. The lowest BCUT2D eigenvalue weighted by atomic mass is 10.1. The highest BCUT2D eigenvalue weighted by molar-refractivity contribution is 9.09. The topological polar surface area (TPSA) is 9.23 Å². The molecule has 2 heteroatoms. The van der Waals surface area contributed by atoms with Crippen molar-refractivity contribution >= 4 is 15.9 Å². The maximum Gasteiger partial charge on any atom is 0.134 e. The molecule has 90 valence electrons. The molecule has 2 aromatic rings. The minimum absolute atomic E-state index is 0.643. The molecule has 0 aromatic heterocycles. The van der Waals surface area contributed by atoms with Crippen LogP contribution in [0.3, 0.4) is 0 Å². The number of hydrogen-bond donors (Lipinski definition) is 0. The summed E-state index contributed by atoms with van der Waals surface area (Å²) in [6.07, 6.45) is 0. The van der Waals surface area contributed by atoms with Crippen molar-refractivity contribution < 1.29 is 4.74 Å². The molecular formula is C16H13BrO. The molecule has 0 spiro atoms. The van der Waals surface area contributed by atoms with Crippen molar-refractivity contribution in [3.05, 3.63) is 65.7 Å². The molecule has 2 rings (SSSR count). The second-order valence-corrected chi connectivity index (χ2v) is 4.44. The van der Waals surface area contributed by atoms with Gasteiger partial charge in [-0.05, 0) is 24.3 Å². The van der Waals surface area contributed by atoms with Gasteiger partial charge in [-0.2, -0.15) is 0 Å². The molecule has 0 aliphatic carbocycles. The molecule has 0 aliphatic rings. The second-order valence-electron chi connectivity index (χ2n) is 3.65. The monoisotopic (exact) mass is 300 g/mol. The summed E-state index contributed by atoms with van der Waals surface area (Å²) < 4.78 is 5.63. The molecule has 0 aliphatic heterocycles. The van der Waals surface area contributed by atoms with Gasteiger partial charge in [0.1, 0.15) is 5.75 Å². The average molecular weight is 301 g/mol. The van der Waals surface area contributed by atoms with E-state index in [1.165, 1.54) is 0 Å². The van der Waals surface area contributed by atoms with Crippen molar-refractivity contribution in [1.82, 2.24) is 0 Å². The predicted molar refractivity (Wildman–Crippen MR) is 78.2 cm³/mol. The average Bonchev–Trinajstić information content (AvgIpc) is 2.45. The van der Waals surface area contributed by atoms with E-state index in [9.17, 15) is 0 Å². The number of para-hydroxylation sites is 1. The molecule has 0 atom stereocenters. The lowest BCUT2D eigenvalue weighted by Crippen LogP contribution is -1.99. The molecule has 0 heterocycles. The van der Waals surface area contributed by atoms with Crippen LogP contribution in [0.5, 0.6) is 5.75 Å². The molecule has 0 saturated heterocycles. The summed E-state index contributed by atoms with van der Waals surface area (Å²) in [5.74, 6) is 7.12. The minimum atomic E-state index is 0.643. The van der Waals surface area contributed by atoms with Crippen LogP contribution in [0.15, 0.2) is 54.6 Å². The van der Waals surface area contributed by atoms with Crippen molar-refractivity contribution in [1.29, 1.82) is 0 Å². The van der Waals surface area contributed by atoms with E-state index in [4.69, 9.17) is 4.74 Å². The maximum atomic E-state index is 5.63. The van der Waals surface area contributed by atoms with Crippen LogP contribution in [0, 0.1) is 11.8 Å². The molecule has 0 fully saturated rings. The zero-order chi connectivity index (χ0) is 12.6. The van der Waals surface area contributed by atoms with Gasteiger partial charge in [-0.25, -0.2) is 0 Å². The van der Waals surface area contributed by atoms with Crippen molar-refractivity contribution in [3.8, 4) is 17.6 Å². The Balaban J connectivity index is 2.21. The first kappa shape index (κ1) is 12.7. The molecule has 0 radical (unpaired) electrons. The van der Waals surface area contributed by atoms with Crippen molar-refractivity contribution in [2.45, 2.75) is 0 Å². The van der Waals surface area contributed by atoms with Crippen molar-refractivity contribution in [2.24, 2.45) is 0 Å². The fraction of sp³-hybridized carbons (Fsp3) is 0.125. The van der Waals surface area contributed by atoms with Crippen LogP contribution in [0.4, 0.5) is 0 Å². The summed E-state index contributed by atoms with van der Waals surface area (Å²) in [6, 6.07) is 17.8. The normalized spacial score (nSPS) is 9.39. The summed E-state index contributed by atoms with van der Waals surface area (Å²) in [4.78, 5) is 0. The van der Waals surface area contributed by atoms with Gasteiger partial charge in [-0.15, -0.1) is 0 Å². The molecule has 1 nitrogen and oxygen atoms in total. The summed E-state index contributed by atoms with van der Waals surface area (Å²) in [7, 11) is 0. The summed E-state index contributed by atoms with van der Waals surface area (Å²) in [5.41, 5.74) is 1.93. The first-order chi connectivity index (χ1) is 8.90. The van der Waals surface area contributed by atoms with Crippen molar-refractivity contribution in [2.75, 3.05) is 11.9 Å². The van der Waals surface area contributed by atoms with Crippen LogP contribution in [-0.4, -0.2) is 11.9 Å². The van der Waals surface area contributed by atoms with Gasteiger partial charge in [0.05, 0.1) is 12.2 Å². The molecule has 18 heavy (non-hydrogen) atoms. The van der Waals surface area contributed by atoms with Gasteiger partial charge in [-0.1, -0.05) is 58.1 Å². The van der Waals surface area contributed by atoms with Gasteiger partial charge in [0, 0.05) is 10.9 Å². The summed E-state index contributed by atoms with van der Waals surface area (Å²) in [6.45, 7) is 0.643. The zero-order valence-electron chi connectivity index (χ0n) is 9.90. The predicted octanol–water partition coefficient (Wildman–Crippen LogP) is 3.86. The smallest absolute Gasteiger partial charge is 0.134 e. The van der Waals surface area contributed by atoms with Crippen LogP contribution < -0.4 is 4.74 Å². The van der Waals surface area contributed by atoms with Gasteiger partial charge in [0.2, 0.25) is 0 Å². The molecule has 2 aromatic carbocycles. The Morgan fingerprint density at radius 3 is 2.39 bits per heavy atom. The van der Waals surface area contributed by atoms with Gasteiger partial charge >= 0.3 is 0 Å². The first-order valence-corrected chi connectivity index (χ1v) is 6.87. The highest BCUT2D eigenvalue weighted by atomic mass is 79.9. The van der Waals surface area contributed by atoms with Crippen LogP contribution in [0.2, 0.25) is 0 Å². The highest BCUT2D eigenvalue weighted by Gasteiger charge is 1.98. The molecule has 0 unspecified atom stereocenters. The Bertz CT molecular complexity index is 552.